The van der Waals surface area contributed by atoms with Crippen LogP contribution in [0.4, 0.5) is 5.69 Å². The Morgan fingerprint density at radius 3 is 2.45 bits per heavy atom. The summed E-state index contributed by atoms with van der Waals surface area (Å²) < 4.78 is 6.01. The summed E-state index contributed by atoms with van der Waals surface area (Å²) in [5.74, 6) is -0.177. The molecule has 0 unspecified atom stereocenters. The van der Waals surface area contributed by atoms with Crippen LogP contribution in [-0.2, 0) is 0 Å². The van der Waals surface area contributed by atoms with E-state index in [1.54, 1.807) is 6.07 Å². The molecule has 0 aliphatic heterocycles. The molecule has 0 radical (unpaired) electrons. The van der Waals surface area contributed by atoms with Gasteiger partial charge in [0, 0.05) is 9.13 Å². The van der Waals surface area contributed by atoms with Gasteiger partial charge in [-0.1, -0.05) is 6.07 Å². The number of benzene rings is 1. The highest BCUT2D eigenvalue weighted by atomic mass is 127. The number of amides is 1. The maximum absolute atomic E-state index is 12.2. The summed E-state index contributed by atoms with van der Waals surface area (Å²) in [5.41, 5.74) is 2.57. The number of carbonyl (C=O) groups is 1. The minimum atomic E-state index is -0.177. The fourth-order valence-corrected chi connectivity index (χ4v) is 2.32. The molecule has 0 saturated heterocycles. The SMILES string of the molecule is COc1nc(C)c(NC(=O)c2cccc(I)c2)c(C)n1. The van der Waals surface area contributed by atoms with Gasteiger partial charge in [0.2, 0.25) is 0 Å². The van der Waals surface area contributed by atoms with Crippen molar-refractivity contribution in [2.24, 2.45) is 0 Å². The van der Waals surface area contributed by atoms with Crippen LogP contribution in [0.3, 0.4) is 0 Å². The zero-order valence-electron chi connectivity index (χ0n) is 11.4. The quantitative estimate of drug-likeness (QED) is 0.828. The minimum absolute atomic E-state index is 0.177. The predicted octanol–water partition coefficient (Wildman–Crippen LogP) is 2.96. The van der Waals surface area contributed by atoms with Crippen molar-refractivity contribution >= 4 is 34.2 Å². The number of hydrogen-bond donors (Lipinski definition) is 1. The number of carbonyl (C=O) groups excluding carboxylic acids is 1. The molecule has 0 aliphatic rings. The summed E-state index contributed by atoms with van der Waals surface area (Å²) in [5, 5.41) is 2.85. The number of halogens is 1. The van der Waals surface area contributed by atoms with Crippen molar-refractivity contribution in [2.45, 2.75) is 13.8 Å². The summed E-state index contributed by atoms with van der Waals surface area (Å²) in [6, 6.07) is 7.68. The maximum Gasteiger partial charge on any atom is 0.316 e. The Bertz CT molecular complexity index is 636. The molecule has 104 valence electrons. The lowest BCUT2D eigenvalue weighted by atomic mass is 10.2. The number of nitrogens with zero attached hydrogens (tertiary/aromatic N) is 2. The number of hydrogen-bond acceptors (Lipinski definition) is 4. The van der Waals surface area contributed by atoms with Crippen LogP contribution in [0.15, 0.2) is 24.3 Å². The van der Waals surface area contributed by atoms with Crippen LogP contribution in [0.1, 0.15) is 21.7 Å². The molecule has 0 atom stereocenters. The number of rotatable bonds is 3. The summed E-state index contributed by atoms with van der Waals surface area (Å²) in [6.07, 6.45) is 0. The molecule has 0 fully saturated rings. The topological polar surface area (TPSA) is 64.1 Å². The number of ether oxygens (including phenoxy) is 1. The summed E-state index contributed by atoms with van der Waals surface area (Å²) in [4.78, 5) is 20.6. The van der Waals surface area contributed by atoms with Crippen molar-refractivity contribution in [1.82, 2.24) is 9.97 Å². The van der Waals surface area contributed by atoms with Crippen LogP contribution in [-0.4, -0.2) is 23.0 Å². The van der Waals surface area contributed by atoms with Gasteiger partial charge in [0.05, 0.1) is 24.2 Å². The van der Waals surface area contributed by atoms with Crippen molar-refractivity contribution in [3.8, 4) is 6.01 Å². The highest BCUT2D eigenvalue weighted by Crippen LogP contribution is 2.20. The molecule has 0 spiro atoms. The Morgan fingerprint density at radius 1 is 1.25 bits per heavy atom. The highest BCUT2D eigenvalue weighted by molar-refractivity contribution is 14.1. The lowest BCUT2D eigenvalue weighted by Gasteiger charge is -2.11. The highest BCUT2D eigenvalue weighted by Gasteiger charge is 2.13. The maximum atomic E-state index is 12.2. The second-order valence-electron chi connectivity index (χ2n) is 4.22. The molecule has 2 aromatic rings. The number of anilines is 1. The fourth-order valence-electron chi connectivity index (χ4n) is 1.77. The average molecular weight is 383 g/mol. The molecule has 20 heavy (non-hydrogen) atoms. The van der Waals surface area contributed by atoms with E-state index in [2.05, 4.69) is 37.9 Å². The van der Waals surface area contributed by atoms with Crippen molar-refractivity contribution in [3.05, 3.63) is 44.8 Å². The molecule has 1 heterocycles. The zero-order chi connectivity index (χ0) is 14.7. The fraction of sp³-hybridized carbons (Fsp3) is 0.214. The van der Waals surface area contributed by atoms with Gasteiger partial charge in [0.25, 0.3) is 5.91 Å². The molecular formula is C14H14IN3O2. The first-order valence-corrected chi connectivity index (χ1v) is 7.05. The first-order valence-electron chi connectivity index (χ1n) is 5.97. The summed E-state index contributed by atoms with van der Waals surface area (Å²) >= 11 is 2.17. The Hall–Kier alpha value is -1.70. The van der Waals surface area contributed by atoms with E-state index in [1.807, 2.05) is 32.0 Å². The van der Waals surface area contributed by atoms with Crippen LogP contribution >= 0.6 is 22.6 Å². The molecule has 5 nitrogen and oxygen atoms in total. The zero-order valence-corrected chi connectivity index (χ0v) is 13.6. The van der Waals surface area contributed by atoms with Gasteiger partial charge < -0.3 is 10.1 Å². The largest absolute Gasteiger partial charge is 0.467 e. The molecule has 1 N–H and O–H groups in total. The molecule has 6 heteroatoms. The van der Waals surface area contributed by atoms with Crippen LogP contribution in [0.2, 0.25) is 0 Å². The standard InChI is InChI=1S/C14H14IN3O2/c1-8-12(9(2)17-14(16-8)20-3)18-13(19)10-5-4-6-11(15)7-10/h4-7H,1-3H3,(H,18,19). The van der Waals surface area contributed by atoms with Crippen LogP contribution < -0.4 is 10.1 Å². The predicted molar refractivity (Wildman–Crippen MR) is 85.2 cm³/mol. The number of aromatic nitrogens is 2. The van der Waals surface area contributed by atoms with Crippen LogP contribution in [0.5, 0.6) is 6.01 Å². The monoisotopic (exact) mass is 383 g/mol. The lowest BCUT2D eigenvalue weighted by molar-refractivity contribution is 0.102. The molecule has 1 aromatic carbocycles. The number of nitrogens with one attached hydrogen (secondary N) is 1. The Balaban J connectivity index is 2.28. The van der Waals surface area contributed by atoms with E-state index in [-0.39, 0.29) is 5.91 Å². The Labute approximate surface area is 130 Å². The number of aryl methyl sites for hydroxylation is 2. The molecular weight excluding hydrogens is 369 g/mol. The van der Waals surface area contributed by atoms with E-state index in [9.17, 15) is 4.79 Å². The summed E-state index contributed by atoms with van der Waals surface area (Å²) in [7, 11) is 1.51. The van der Waals surface area contributed by atoms with Crippen molar-refractivity contribution < 1.29 is 9.53 Å². The van der Waals surface area contributed by atoms with Crippen molar-refractivity contribution in [1.29, 1.82) is 0 Å². The van der Waals surface area contributed by atoms with E-state index < -0.39 is 0 Å². The first-order chi connectivity index (χ1) is 9.51. The molecule has 1 amide bonds. The van der Waals surface area contributed by atoms with E-state index in [0.717, 1.165) is 3.57 Å². The summed E-state index contributed by atoms with van der Waals surface area (Å²) in [6.45, 7) is 3.61. The second kappa shape index (κ2) is 6.17. The molecule has 2 rings (SSSR count). The third kappa shape index (κ3) is 3.24. The van der Waals surface area contributed by atoms with Crippen LogP contribution in [0, 0.1) is 17.4 Å². The third-order valence-corrected chi connectivity index (χ3v) is 3.43. The first kappa shape index (κ1) is 14.7. The third-order valence-electron chi connectivity index (χ3n) is 2.76. The Morgan fingerprint density at radius 2 is 1.90 bits per heavy atom. The molecule has 0 aliphatic carbocycles. The van der Waals surface area contributed by atoms with Crippen molar-refractivity contribution in [3.63, 3.8) is 0 Å². The van der Waals surface area contributed by atoms with Gasteiger partial charge in [-0.15, -0.1) is 0 Å². The van der Waals surface area contributed by atoms with Gasteiger partial charge in [-0.25, -0.2) is 0 Å². The van der Waals surface area contributed by atoms with E-state index in [0.29, 0.717) is 28.6 Å². The van der Waals surface area contributed by atoms with Gasteiger partial charge in [0.1, 0.15) is 0 Å². The average Bonchev–Trinajstić information content (AvgIpc) is 2.42. The molecule has 0 bridgehead atoms. The van der Waals surface area contributed by atoms with Gasteiger partial charge >= 0.3 is 6.01 Å². The lowest BCUT2D eigenvalue weighted by Crippen LogP contribution is -2.15. The molecule has 0 saturated carbocycles. The minimum Gasteiger partial charge on any atom is -0.467 e. The van der Waals surface area contributed by atoms with Crippen molar-refractivity contribution in [2.75, 3.05) is 12.4 Å². The van der Waals surface area contributed by atoms with Crippen LogP contribution in [0.25, 0.3) is 0 Å². The smallest absolute Gasteiger partial charge is 0.316 e. The van der Waals surface area contributed by atoms with E-state index in [1.165, 1.54) is 7.11 Å². The van der Waals surface area contributed by atoms with Gasteiger partial charge in [-0.2, -0.15) is 9.97 Å². The Kier molecular flexibility index (Phi) is 4.53. The molecule has 1 aromatic heterocycles. The van der Waals surface area contributed by atoms with E-state index >= 15 is 0 Å². The number of methoxy groups -OCH3 is 1. The van der Waals surface area contributed by atoms with Gasteiger partial charge in [-0.05, 0) is 54.6 Å². The second-order valence-corrected chi connectivity index (χ2v) is 5.47. The van der Waals surface area contributed by atoms with E-state index in [4.69, 9.17) is 4.74 Å². The van der Waals surface area contributed by atoms with Gasteiger partial charge in [-0.3, -0.25) is 4.79 Å². The van der Waals surface area contributed by atoms with Gasteiger partial charge in [0.15, 0.2) is 0 Å². The normalized spacial score (nSPS) is 10.2.